The van der Waals surface area contributed by atoms with Crippen LogP contribution in [0.5, 0.6) is 5.75 Å². The molecule has 1 aliphatic carbocycles. The third kappa shape index (κ3) is 4.42. The van der Waals surface area contributed by atoms with Crippen molar-refractivity contribution in [2.75, 3.05) is 13.7 Å². The van der Waals surface area contributed by atoms with Crippen molar-refractivity contribution in [3.63, 3.8) is 0 Å². The van der Waals surface area contributed by atoms with E-state index >= 15 is 0 Å². The molecule has 0 spiro atoms. The van der Waals surface area contributed by atoms with Gasteiger partial charge in [0.05, 0.1) is 17.6 Å². The number of rotatable bonds is 6. The van der Waals surface area contributed by atoms with E-state index in [9.17, 15) is 15.2 Å². The highest BCUT2D eigenvalue weighted by molar-refractivity contribution is 5.48. The van der Waals surface area contributed by atoms with Crippen LogP contribution in [-0.4, -0.2) is 29.3 Å². The van der Waals surface area contributed by atoms with Gasteiger partial charge in [-0.05, 0) is 24.5 Å². The maximum Gasteiger partial charge on any atom is 0.311 e. The van der Waals surface area contributed by atoms with Gasteiger partial charge in [-0.3, -0.25) is 10.1 Å². The lowest BCUT2D eigenvalue weighted by Gasteiger charge is -2.27. The Balaban J connectivity index is 1.94. The van der Waals surface area contributed by atoms with E-state index in [1.54, 1.807) is 12.1 Å². The number of aliphatic hydroxyl groups is 1. The molecule has 2 N–H and O–H groups in total. The fourth-order valence-corrected chi connectivity index (χ4v) is 2.99. The lowest BCUT2D eigenvalue weighted by Crippen LogP contribution is -2.39. The van der Waals surface area contributed by atoms with Gasteiger partial charge in [0.25, 0.3) is 0 Å². The van der Waals surface area contributed by atoms with Crippen molar-refractivity contribution in [3.8, 4) is 5.75 Å². The molecule has 0 unspecified atom stereocenters. The molecule has 6 heteroatoms. The molecule has 0 aliphatic heterocycles. The fraction of sp³-hybridized carbons (Fsp3) is 0.625. The summed E-state index contributed by atoms with van der Waals surface area (Å²) in [4.78, 5) is 10.6. The summed E-state index contributed by atoms with van der Waals surface area (Å²) >= 11 is 0. The number of hydrogen-bond acceptors (Lipinski definition) is 5. The van der Waals surface area contributed by atoms with Gasteiger partial charge in [0.2, 0.25) is 0 Å². The molecule has 1 aromatic rings. The second kappa shape index (κ2) is 7.56. The highest BCUT2D eigenvalue weighted by Crippen LogP contribution is 2.28. The lowest BCUT2D eigenvalue weighted by atomic mass is 9.94. The van der Waals surface area contributed by atoms with Gasteiger partial charge in [0, 0.05) is 19.2 Å². The standard InChI is InChI=1S/C16H24N2O4/c1-22-15-7-6-13(10-14(15)18(20)21)11-17-12-16(19)8-4-2-3-5-9-16/h6-7,10,17,19H,2-5,8-9,11-12H2,1H3. The zero-order valence-electron chi connectivity index (χ0n) is 13.0. The SMILES string of the molecule is COc1ccc(CNCC2(O)CCCCCC2)cc1[N+](=O)[O-]. The number of nitrogens with zero attached hydrogens (tertiary/aromatic N) is 1. The molecule has 0 bridgehead atoms. The molecule has 2 rings (SSSR count). The van der Waals surface area contributed by atoms with Crippen LogP contribution in [0.2, 0.25) is 0 Å². The first-order chi connectivity index (χ1) is 10.5. The number of hydrogen-bond donors (Lipinski definition) is 2. The molecule has 0 amide bonds. The van der Waals surface area contributed by atoms with Gasteiger partial charge in [0.15, 0.2) is 5.75 Å². The second-order valence-electron chi connectivity index (χ2n) is 6.01. The first-order valence-electron chi connectivity index (χ1n) is 7.78. The van der Waals surface area contributed by atoms with E-state index < -0.39 is 10.5 Å². The van der Waals surface area contributed by atoms with Crippen molar-refractivity contribution in [2.45, 2.75) is 50.7 Å². The number of nitrogens with one attached hydrogen (secondary N) is 1. The summed E-state index contributed by atoms with van der Waals surface area (Å²) in [7, 11) is 1.42. The highest BCUT2D eigenvalue weighted by Gasteiger charge is 2.27. The molecule has 0 heterocycles. The molecule has 1 saturated carbocycles. The van der Waals surface area contributed by atoms with Crippen LogP contribution in [0.4, 0.5) is 5.69 Å². The molecular formula is C16H24N2O4. The number of nitro groups is 1. The molecule has 6 nitrogen and oxygen atoms in total. The Hall–Kier alpha value is -1.66. The summed E-state index contributed by atoms with van der Waals surface area (Å²) in [5, 5.41) is 24.8. The number of ether oxygens (including phenoxy) is 1. The highest BCUT2D eigenvalue weighted by atomic mass is 16.6. The van der Waals surface area contributed by atoms with E-state index in [4.69, 9.17) is 4.74 Å². The zero-order chi connectivity index (χ0) is 16.0. The van der Waals surface area contributed by atoms with Crippen LogP contribution in [0.3, 0.4) is 0 Å². The Morgan fingerprint density at radius 1 is 1.32 bits per heavy atom. The molecule has 1 fully saturated rings. The van der Waals surface area contributed by atoms with E-state index in [0.29, 0.717) is 13.1 Å². The quantitative estimate of drug-likeness (QED) is 0.479. The van der Waals surface area contributed by atoms with Gasteiger partial charge in [0.1, 0.15) is 0 Å². The second-order valence-corrected chi connectivity index (χ2v) is 6.01. The minimum Gasteiger partial charge on any atom is -0.490 e. The largest absolute Gasteiger partial charge is 0.490 e. The average molecular weight is 308 g/mol. The van der Waals surface area contributed by atoms with Crippen molar-refractivity contribution in [1.82, 2.24) is 5.32 Å². The normalized spacial score (nSPS) is 17.7. The first-order valence-corrected chi connectivity index (χ1v) is 7.78. The lowest BCUT2D eigenvalue weighted by molar-refractivity contribution is -0.385. The predicted molar refractivity (Wildman–Crippen MR) is 84.0 cm³/mol. The molecule has 0 aromatic heterocycles. The summed E-state index contributed by atoms with van der Waals surface area (Å²) in [6.07, 6.45) is 6.14. The van der Waals surface area contributed by atoms with Gasteiger partial charge >= 0.3 is 5.69 Å². The fourth-order valence-electron chi connectivity index (χ4n) is 2.99. The maximum absolute atomic E-state index is 11.0. The third-order valence-corrected chi connectivity index (χ3v) is 4.26. The smallest absolute Gasteiger partial charge is 0.311 e. The van der Waals surface area contributed by atoms with Crippen molar-refractivity contribution in [1.29, 1.82) is 0 Å². The first kappa shape index (κ1) is 16.7. The van der Waals surface area contributed by atoms with Crippen LogP contribution in [0.1, 0.15) is 44.1 Å². The maximum atomic E-state index is 11.0. The van der Waals surface area contributed by atoms with E-state index in [2.05, 4.69) is 5.32 Å². The monoisotopic (exact) mass is 308 g/mol. The Kier molecular flexibility index (Phi) is 5.74. The molecule has 0 atom stereocenters. The van der Waals surface area contributed by atoms with Crippen molar-refractivity contribution in [2.24, 2.45) is 0 Å². The summed E-state index contributed by atoms with van der Waals surface area (Å²) in [6, 6.07) is 4.93. The minimum absolute atomic E-state index is 0.0324. The van der Waals surface area contributed by atoms with Crippen molar-refractivity contribution < 1.29 is 14.8 Å². The number of benzene rings is 1. The van der Waals surface area contributed by atoms with E-state index in [0.717, 1.165) is 31.2 Å². The van der Waals surface area contributed by atoms with Crippen LogP contribution < -0.4 is 10.1 Å². The van der Waals surface area contributed by atoms with E-state index in [1.807, 2.05) is 0 Å². The Bertz CT molecular complexity index is 511. The van der Waals surface area contributed by atoms with Crippen LogP contribution in [0.25, 0.3) is 0 Å². The zero-order valence-corrected chi connectivity index (χ0v) is 13.0. The van der Waals surface area contributed by atoms with Crippen molar-refractivity contribution >= 4 is 5.69 Å². The van der Waals surface area contributed by atoms with Crippen LogP contribution in [0, 0.1) is 10.1 Å². The van der Waals surface area contributed by atoms with Gasteiger partial charge < -0.3 is 15.2 Å². The molecule has 1 aliphatic rings. The van der Waals surface area contributed by atoms with Gasteiger partial charge in [-0.1, -0.05) is 31.7 Å². The molecule has 1 aromatic carbocycles. The van der Waals surface area contributed by atoms with E-state index in [1.165, 1.54) is 26.0 Å². The predicted octanol–water partition coefficient (Wildman–Crippen LogP) is 2.78. The third-order valence-electron chi connectivity index (χ3n) is 4.26. The van der Waals surface area contributed by atoms with E-state index in [-0.39, 0.29) is 11.4 Å². The summed E-state index contributed by atoms with van der Waals surface area (Å²) in [6.45, 7) is 1.01. The van der Waals surface area contributed by atoms with Gasteiger partial charge in [-0.2, -0.15) is 0 Å². The molecule has 122 valence electrons. The Morgan fingerprint density at radius 2 is 2.00 bits per heavy atom. The topological polar surface area (TPSA) is 84.6 Å². The minimum atomic E-state index is -0.644. The molecule has 0 radical (unpaired) electrons. The number of nitro benzene ring substituents is 1. The molecule has 0 saturated heterocycles. The summed E-state index contributed by atoms with van der Waals surface area (Å²) in [5.41, 5.74) is 0.134. The van der Waals surface area contributed by atoms with Gasteiger partial charge in [-0.15, -0.1) is 0 Å². The van der Waals surface area contributed by atoms with Gasteiger partial charge in [-0.25, -0.2) is 0 Å². The molecular weight excluding hydrogens is 284 g/mol. The number of methoxy groups -OCH3 is 1. The van der Waals surface area contributed by atoms with Crippen molar-refractivity contribution in [3.05, 3.63) is 33.9 Å². The Morgan fingerprint density at radius 3 is 2.59 bits per heavy atom. The van der Waals surface area contributed by atoms with Crippen LogP contribution >= 0.6 is 0 Å². The summed E-state index contributed by atoms with van der Waals surface area (Å²) in [5.74, 6) is 0.260. The Labute approximate surface area is 130 Å². The average Bonchev–Trinajstić information content (AvgIpc) is 2.72. The molecule has 22 heavy (non-hydrogen) atoms. The van der Waals surface area contributed by atoms with Crippen LogP contribution in [0.15, 0.2) is 18.2 Å². The summed E-state index contributed by atoms with van der Waals surface area (Å²) < 4.78 is 4.99. The van der Waals surface area contributed by atoms with Crippen LogP contribution in [-0.2, 0) is 6.54 Å².